The third-order valence-corrected chi connectivity index (χ3v) is 2.57. The van der Waals surface area contributed by atoms with Crippen LogP contribution in [0.15, 0.2) is 23.0 Å². The summed E-state index contributed by atoms with van der Waals surface area (Å²) in [5, 5.41) is 3.16. The molecule has 76 valence electrons. The van der Waals surface area contributed by atoms with Gasteiger partial charge in [0.2, 0.25) is 0 Å². The summed E-state index contributed by atoms with van der Waals surface area (Å²) in [5.74, 6) is 0.0627. The topological polar surface area (TPSA) is 45.5 Å². The lowest BCUT2D eigenvalue weighted by Gasteiger charge is -2.37. The minimum atomic E-state index is 0.0627. The number of carbonyl (C=O) groups excluding carboxylic acids is 1. The van der Waals surface area contributed by atoms with Crippen molar-refractivity contribution >= 4 is 5.91 Å². The molecule has 1 aromatic heterocycles. The smallest absolute Gasteiger partial charge is 0.257 e. The molecule has 1 aliphatic rings. The molecular weight excluding hydrogens is 180 g/mol. The summed E-state index contributed by atoms with van der Waals surface area (Å²) in [6.07, 6.45) is 3.02. The number of amides is 1. The molecule has 2 heterocycles. The van der Waals surface area contributed by atoms with E-state index in [1.807, 2.05) is 11.8 Å². The number of nitrogens with one attached hydrogen (secondary N) is 1. The minimum absolute atomic E-state index is 0.0627. The third kappa shape index (κ3) is 1.53. The van der Waals surface area contributed by atoms with Crippen LogP contribution in [0.4, 0.5) is 0 Å². The van der Waals surface area contributed by atoms with Crippen molar-refractivity contribution in [3.8, 4) is 0 Å². The van der Waals surface area contributed by atoms with Crippen molar-refractivity contribution in [2.45, 2.75) is 13.0 Å². The van der Waals surface area contributed by atoms with E-state index in [9.17, 15) is 4.79 Å². The molecule has 0 aromatic carbocycles. The van der Waals surface area contributed by atoms with Crippen molar-refractivity contribution in [2.24, 2.45) is 0 Å². The predicted molar refractivity (Wildman–Crippen MR) is 52.1 cm³/mol. The van der Waals surface area contributed by atoms with Crippen LogP contribution < -0.4 is 5.32 Å². The molecule has 1 aromatic rings. The number of carbonyl (C=O) groups is 1. The van der Waals surface area contributed by atoms with E-state index in [-0.39, 0.29) is 5.91 Å². The second-order valence-corrected chi connectivity index (χ2v) is 3.42. The zero-order valence-corrected chi connectivity index (χ0v) is 8.19. The van der Waals surface area contributed by atoms with Crippen LogP contribution in [0, 0.1) is 0 Å². The molecule has 0 radical (unpaired) electrons. The Bertz CT molecular complexity index is 304. The highest BCUT2D eigenvalue weighted by Crippen LogP contribution is 2.11. The first-order chi connectivity index (χ1) is 6.83. The van der Waals surface area contributed by atoms with Crippen LogP contribution in [0.5, 0.6) is 0 Å². The van der Waals surface area contributed by atoms with Gasteiger partial charge in [-0.05, 0) is 13.0 Å². The molecule has 14 heavy (non-hydrogen) atoms. The van der Waals surface area contributed by atoms with Gasteiger partial charge >= 0.3 is 0 Å². The predicted octanol–water partition coefficient (Wildman–Crippen LogP) is 0.714. The summed E-state index contributed by atoms with van der Waals surface area (Å²) in [5.41, 5.74) is 0.638. The largest absolute Gasteiger partial charge is 0.472 e. The molecule has 1 N–H and O–H groups in total. The molecule has 0 unspecified atom stereocenters. The van der Waals surface area contributed by atoms with E-state index in [0.717, 1.165) is 19.6 Å². The van der Waals surface area contributed by atoms with Crippen molar-refractivity contribution in [3.63, 3.8) is 0 Å². The van der Waals surface area contributed by atoms with E-state index in [4.69, 9.17) is 4.42 Å². The fraction of sp³-hybridized carbons (Fsp3) is 0.500. The molecule has 0 saturated carbocycles. The number of hydrogen-bond donors (Lipinski definition) is 1. The standard InChI is InChI=1S/C10H14N2O2/c1-2-12(9-5-11-6-9)10(13)8-3-4-14-7-8/h3-4,7,9,11H,2,5-6H2,1H3. The fourth-order valence-corrected chi connectivity index (χ4v) is 1.61. The summed E-state index contributed by atoms with van der Waals surface area (Å²) in [7, 11) is 0. The molecule has 4 heteroatoms. The van der Waals surface area contributed by atoms with Gasteiger partial charge in [-0.2, -0.15) is 0 Å². The van der Waals surface area contributed by atoms with Gasteiger partial charge in [0.1, 0.15) is 6.26 Å². The molecule has 2 rings (SSSR count). The monoisotopic (exact) mass is 194 g/mol. The van der Waals surface area contributed by atoms with Crippen LogP contribution in [-0.2, 0) is 0 Å². The van der Waals surface area contributed by atoms with Crippen molar-refractivity contribution in [1.82, 2.24) is 10.2 Å². The second-order valence-electron chi connectivity index (χ2n) is 3.42. The summed E-state index contributed by atoms with van der Waals surface area (Å²) in [6, 6.07) is 2.05. The molecule has 1 amide bonds. The van der Waals surface area contributed by atoms with E-state index in [2.05, 4.69) is 5.32 Å². The van der Waals surface area contributed by atoms with Gasteiger partial charge in [0.15, 0.2) is 0 Å². The van der Waals surface area contributed by atoms with Gasteiger partial charge in [-0.1, -0.05) is 0 Å². The van der Waals surface area contributed by atoms with Gasteiger partial charge in [0.05, 0.1) is 17.9 Å². The Hall–Kier alpha value is -1.29. The van der Waals surface area contributed by atoms with Crippen molar-refractivity contribution in [1.29, 1.82) is 0 Å². The Labute approximate surface area is 82.9 Å². The third-order valence-electron chi connectivity index (χ3n) is 2.57. The Morgan fingerprint density at radius 3 is 2.93 bits per heavy atom. The number of likely N-dealkylation sites (N-methyl/N-ethyl adjacent to an activating group) is 1. The zero-order chi connectivity index (χ0) is 9.97. The number of nitrogens with zero attached hydrogens (tertiary/aromatic N) is 1. The molecule has 1 saturated heterocycles. The first-order valence-electron chi connectivity index (χ1n) is 4.86. The first kappa shape index (κ1) is 9.27. The Morgan fingerprint density at radius 1 is 1.71 bits per heavy atom. The van der Waals surface area contributed by atoms with Crippen molar-refractivity contribution in [2.75, 3.05) is 19.6 Å². The van der Waals surface area contributed by atoms with Crippen molar-refractivity contribution in [3.05, 3.63) is 24.2 Å². The van der Waals surface area contributed by atoms with Gasteiger partial charge in [0, 0.05) is 19.6 Å². The fourth-order valence-electron chi connectivity index (χ4n) is 1.61. The molecule has 0 spiro atoms. The number of hydrogen-bond acceptors (Lipinski definition) is 3. The molecular formula is C10H14N2O2. The Kier molecular flexibility index (Phi) is 2.54. The van der Waals surface area contributed by atoms with Crippen LogP contribution in [0.3, 0.4) is 0 Å². The molecule has 1 fully saturated rings. The van der Waals surface area contributed by atoms with Crippen molar-refractivity contribution < 1.29 is 9.21 Å². The number of rotatable bonds is 3. The lowest BCUT2D eigenvalue weighted by Crippen LogP contribution is -2.58. The van der Waals surface area contributed by atoms with Gasteiger partial charge in [-0.3, -0.25) is 4.79 Å². The molecule has 0 bridgehead atoms. The van der Waals surface area contributed by atoms with Crippen LogP contribution in [0.25, 0.3) is 0 Å². The van der Waals surface area contributed by atoms with Gasteiger partial charge < -0.3 is 14.6 Å². The van der Waals surface area contributed by atoms with E-state index in [1.165, 1.54) is 12.5 Å². The highest BCUT2D eigenvalue weighted by Gasteiger charge is 2.28. The maximum atomic E-state index is 11.9. The molecule has 4 nitrogen and oxygen atoms in total. The lowest BCUT2D eigenvalue weighted by molar-refractivity contribution is 0.0629. The second kappa shape index (κ2) is 3.84. The maximum absolute atomic E-state index is 11.9. The van der Waals surface area contributed by atoms with Crippen LogP contribution >= 0.6 is 0 Å². The average Bonchev–Trinajstić information content (AvgIpc) is 2.62. The summed E-state index contributed by atoms with van der Waals surface area (Å²) in [4.78, 5) is 13.8. The average molecular weight is 194 g/mol. The van der Waals surface area contributed by atoms with E-state index < -0.39 is 0 Å². The Balaban J connectivity index is 2.08. The minimum Gasteiger partial charge on any atom is -0.472 e. The molecule has 0 atom stereocenters. The van der Waals surface area contributed by atoms with E-state index in [1.54, 1.807) is 6.07 Å². The summed E-state index contributed by atoms with van der Waals surface area (Å²) < 4.78 is 4.90. The summed E-state index contributed by atoms with van der Waals surface area (Å²) in [6.45, 7) is 4.54. The normalized spacial score (nSPS) is 16.4. The highest BCUT2D eigenvalue weighted by atomic mass is 16.3. The highest BCUT2D eigenvalue weighted by molar-refractivity contribution is 5.94. The van der Waals surface area contributed by atoms with Gasteiger partial charge in [0.25, 0.3) is 5.91 Å². The zero-order valence-electron chi connectivity index (χ0n) is 8.19. The van der Waals surface area contributed by atoms with E-state index in [0.29, 0.717) is 11.6 Å². The van der Waals surface area contributed by atoms with Gasteiger partial charge in [-0.25, -0.2) is 0 Å². The quantitative estimate of drug-likeness (QED) is 0.771. The Morgan fingerprint density at radius 2 is 2.50 bits per heavy atom. The summed E-state index contributed by atoms with van der Waals surface area (Å²) >= 11 is 0. The molecule has 0 aliphatic carbocycles. The SMILES string of the molecule is CCN(C(=O)c1ccoc1)C1CNC1. The van der Waals surface area contributed by atoms with E-state index >= 15 is 0 Å². The number of furan rings is 1. The van der Waals surface area contributed by atoms with Gasteiger partial charge in [-0.15, -0.1) is 0 Å². The first-order valence-corrected chi connectivity index (χ1v) is 4.86. The lowest BCUT2D eigenvalue weighted by atomic mass is 10.1. The van der Waals surface area contributed by atoms with Crippen LogP contribution in [0.1, 0.15) is 17.3 Å². The van der Waals surface area contributed by atoms with Crippen LogP contribution in [-0.4, -0.2) is 36.5 Å². The molecule has 1 aliphatic heterocycles. The van der Waals surface area contributed by atoms with Crippen LogP contribution in [0.2, 0.25) is 0 Å². The maximum Gasteiger partial charge on any atom is 0.257 e.